The second kappa shape index (κ2) is 11.0. The van der Waals surface area contributed by atoms with Crippen LogP contribution in [0.3, 0.4) is 0 Å². The number of carbonyl (C=O) groups is 1. The van der Waals surface area contributed by atoms with Crippen molar-refractivity contribution in [2.45, 2.75) is 39.7 Å². The molecule has 1 aliphatic heterocycles. The van der Waals surface area contributed by atoms with E-state index < -0.39 is 0 Å². The second-order valence-electron chi connectivity index (χ2n) is 10.1. The number of amides is 1. The number of benzene rings is 1. The minimum Gasteiger partial charge on any atom is -0.383 e. The van der Waals surface area contributed by atoms with Crippen LogP contribution in [-0.2, 0) is 4.79 Å². The minimum atomic E-state index is -0.0196. The van der Waals surface area contributed by atoms with E-state index in [1.165, 1.54) is 12.4 Å². The molecule has 0 aliphatic carbocycles. The van der Waals surface area contributed by atoms with Crippen LogP contribution in [0, 0.1) is 24.7 Å². The fourth-order valence-electron chi connectivity index (χ4n) is 5.09. The number of hydrogen-bond donors (Lipinski definition) is 2. The third kappa shape index (κ3) is 5.34. The van der Waals surface area contributed by atoms with E-state index in [2.05, 4.69) is 69.2 Å². The summed E-state index contributed by atoms with van der Waals surface area (Å²) in [5, 5.41) is 4.17. The average molecular weight is 520 g/mol. The molecule has 3 aromatic heterocycles. The molecule has 198 valence electrons. The van der Waals surface area contributed by atoms with Gasteiger partial charge in [-0.25, -0.2) is 15.0 Å². The van der Waals surface area contributed by atoms with Gasteiger partial charge >= 0.3 is 0 Å². The number of carbonyl (C=O) groups excluding carboxylic acids is 1. The summed E-state index contributed by atoms with van der Waals surface area (Å²) in [6.07, 6.45) is 4.55. The molecule has 1 aromatic carbocycles. The SMILES string of the molecule is C=CC(=O)N1CCC(C#Cc2c(-c3ccc(Nc4cccc(C)n4)cc3)c3c(N)ncnc3n2C(C)C)CC1. The summed E-state index contributed by atoms with van der Waals surface area (Å²) < 4.78 is 2.15. The zero-order chi connectivity index (χ0) is 27.5. The van der Waals surface area contributed by atoms with E-state index in [0.717, 1.165) is 57.9 Å². The van der Waals surface area contributed by atoms with E-state index in [0.29, 0.717) is 18.9 Å². The van der Waals surface area contributed by atoms with Crippen LogP contribution in [0.1, 0.15) is 44.1 Å². The third-order valence-corrected chi connectivity index (χ3v) is 7.04. The van der Waals surface area contributed by atoms with Gasteiger partial charge in [-0.1, -0.05) is 30.7 Å². The number of fused-ring (bicyclic) bond motifs is 1. The van der Waals surface area contributed by atoms with Crippen LogP contribution < -0.4 is 11.1 Å². The molecule has 1 saturated heterocycles. The van der Waals surface area contributed by atoms with Crippen LogP contribution in [0.2, 0.25) is 0 Å². The molecule has 0 spiro atoms. The van der Waals surface area contributed by atoms with E-state index in [4.69, 9.17) is 5.73 Å². The maximum Gasteiger partial charge on any atom is 0.245 e. The van der Waals surface area contributed by atoms with Gasteiger partial charge in [-0.05, 0) is 75.4 Å². The molecular formula is C31H33N7O. The third-order valence-electron chi connectivity index (χ3n) is 7.04. The fourth-order valence-corrected chi connectivity index (χ4v) is 5.09. The summed E-state index contributed by atoms with van der Waals surface area (Å²) in [5.74, 6) is 8.42. The summed E-state index contributed by atoms with van der Waals surface area (Å²) >= 11 is 0. The predicted molar refractivity (Wildman–Crippen MR) is 156 cm³/mol. The summed E-state index contributed by atoms with van der Waals surface area (Å²) in [4.78, 5) is 27.3. The molecule has 8 heteroatoms. The van der Waals surface area contributed by atoms with Crippen molar-refractivity contribution in [2.24, 2.45) is 5.92 Å². The molecule has 5 rings (SSSR count). The Balaban J connectivity index is 1.54. The average Bonchev–Trinajstić information content (AvgIpc) is 3.28. The van der Waals surface area contributed by atoms with Gasteiger partial charge in [-0.15, -0.1) is 0 Å². The number of aryl methyl sites for hydroxylation is 1. The lowest BCUT2D eigenvalue weighted by Crippen LogP contribution is -2.37. The number of likely N-dealkylation sites (tertiary alicyclic amines) is 1. The first kappa shape index (κ1) is 26.0. The Morgan fingerprint density at radius 2 is 1.90 bits per heavy atom. The Hall–Kier alpha value is -4.64. The Labute approximate surface area is 229 Å². The molecule has 4 heterocycles. The van der Waals surface area contributed by atoms with E-state index >= 15 is 0 Å². The first-order chi connectivity index (χ1) is 18.9. The first-order valence-electron chi connectivity index (χ1n) is 13.2. The van der Waals surface area contributed by atoms with E-state index in [1.807, 2.05) is 42.2 Å². The largest absolute Gasteiger partial charge is 0.383 e. The zero-order valence-corrected chi connectivity index (χ0v) is 22.6. The van der Waals surface area contributed by atoms with Gasteiger partial charge in [0.1, 0.15) is 29.3 Å². The highest BCUT2D eigenvalue weighted by Gasteiger charge is 2.24. The molecule has 0 saturated carbocycles. The second-order valence-corrected chi connectivity index (χ2v) is 10.1. The standard InChI is InChI=1S/C31H33N7O/c1-5-27(39)37-17-15-22(16-18-37)9-14-25-28(29-30(32)33-19-34-31(29)38(25)20(2)3)23-10-12-24(13-11-23)36-26-8-6-7-21(4)35-26/h5-8,10-13,19-20,22H,1,15-18H2,2-4H3,(H,35,36)(H2,32,33,34). The van der Waals surface area contributed by atoms with Crippen molar-refractivity contribution >= 4 is 34.3 Å². The molecule has 39 heavy (non-hydrogen) atoms. The molecule has 1 amide bonds. The number of nitrogens with zero attached hydrogens (tertiary/aromatic N) is 5. The molecule has 0 bridgehead atoms. The van der Waals surface area contributed by atoms with Crippen LogP contribution in [0.5, 0.6) is 0 Å². The van der Waals surface area contributed by atoms with Crippen molar-refractivity contribution in [3.8, 4) is 23.0 Å². The zero-order valence-electron chi connectivity index (χ0n) is 22.6. The summed E-state index contributed by atoms with van der Waals surface area (Å²) in [6.45, 7) is 11.2. The number of anilines is 3. The van der Waals surface area contributed by atoms with Gasteiger partial charge < -0.3 is 20.5 Å². The van der Waals surface area contributed by atoms with Crippen molar-refractivity contribution in [1.82, 2.24) is 24.4 Å². The number of rotatable bonds is 5. The van der Waals surface area contributed by atoms with Crippen LogP contribution in [0.4, 0.5) is 17.3 Å². The van der Waals surface area contributed by atoms with Crippen molar-refractivity contribution < 1.29 is 4.79 Å². The van der Waals surface area contributed by atoms with Crippen molar-refractivity contribution in [1.29, 1.82) is 0 Å². The predicted octanol–water partition coefficient (Wildman–Crippen LogP) is 5.48. The lowest BCUT2D eigenvalue weighted by Gasteiger charge is -2.28. The first-order valence-corrected chi connectivity index (χ1v) is 13.2. The number of aromatic nitrogens is 4. The van der Waals surface area contributed by atoms with Gasteiger partial charge in [-0.3, -0.25) is 4.79 Å². The molecule has 0 atom stereocenters. The Bertz CT molecular complexity index is 1580. The molecule has 0 radical (unpaired) electrons. The number of nitrogens with two attached hydrogens (primary N) is 1. The van der Waals surface area contributed by atoms with Crippen LogP contribution in [0.25, 0.3) is 22.2 Å². The molecule has 0 unspecified atom stereocenters. The Morgan fingerprint density at radius 3 is 2.56 bits per heavy atom. The minimum absolute atomic E-state index is 0.0196. The normalized spacial score (nSPS) is 13.8. The highest BCUT2D eigenvalue weighted by atomic mass is 16.2. The summed E-state index contributed by atoms with van der Waals surface area (Å²) in [5.41, 5.74) is 11.9. The lowest BCUT2D eigenvalue weighted by molar-refractivity contribution is -0.127. The van der Waals surface area contributed by atoms with Gasteiger partial charge in [0.25, 0.3) is 0 Å². The Kier molecular flexibility index (Phi) is 7.33. The maximum absolute atomic E-state index is 12.0. The monoisotopic (exact) mass is 519 g/mol. The van der Waals surface area contributed by atoms with Gasteiger partial charge in [-0.2, -0.15) is 0 Å². The molecule has 8 nitrogen and oxygen atoms in total. The van der Waals surface area contributed by atoms with E-state index in [1.54, 1.807) is 0 Å². The van der Waals surface area contributed by atoms with Gasteiger partial charge in [0.15, 0.2) is 0 Å². The van der Waals surface area contributed by atoms with Crippen LogP contribution >= 0.6 is 0 Å². The summed E-state index contributed by atoms with van der Waals surface area (Å²) in [6, 6.07) is 14.2. The highest BCUT2D eigenvalue weighted by molar-refractivity contribution is 6.03. The number of nitrogen functional groups attached to an aromatic ring is 1. The van der Waals surface area contributed by atoms with E-state index in [9.17, 15) is 4.79 Å². The number of pyridine rings is 1. The van der Waals surface area contributed by atoms with Crippen molar-refractivity contribution in [3.05, 3.63) is 72.8 Å². The topological polar surface area (TPSA) is 102 Å². The van der Waals surface area contributed by atoms with Crippen molar-refractivity contribution in [2.75, 3.05) is 24.1 Å². The lowest BCUT2D eigenvalue weighted by atomic mass is 9.96. The van der Waals surface area contributed by atoms with Crippen LogP contribution in [0.15, 0.2) is 61.4 Å². The van der Waals surface area contributed by atoms with Gasteiger partial charge in [0.2, 0.25) is 5.91 Å². The van der Waals surface area contributed by atoms with Gasteiger partial charge in [0, 0.05) is 42.0 Å². The summed E-state index contributed by atoms with van der Waals surface area (Å²) in [7, 11) is 0. The van der Waals surface area contributed by atoms with Gasteiger partial charge in [0.05, 0.1) is 5.39 Å². The van der Waals surface area contributed by atoms with Crippen molar-refractivity contribution in [3.63, 3.8) is 0 Å². The molecule has 4 aromatic rings. The van der Waals surface area contributed by atoms with E-state index in [-0.39, 0.29) is 17.9 Å². The quantitative estimate of drug-likeness (QED) is 0.267. The Morgan fingerprint density at radius 1 is 1.15 bits per heavy atom. The highest BCUT2D eigenvalue weighted by Crippen LogP contribution is 2.38. The number of hydrogen-bond acceptors (Lipinski definition) is 6. The number of nitrogens with one attached hydrogen (secondary N) is 1. The molecule has 1 aliphatic rings. The molecule has 1 fully saturated rings. The van der Waals surface area contributed by atoms with Crippen LogP contribution in [-0.4, -0.2) is 43.4 Å². The molecule has 3 N–H and O–H groups in total. The molecular weight excluding hydrogens is 486 g/mol. The fraction of sp³-hybridized carbons (Fsp3) is 0.290. The maximum atomic E-state index is 12.0. The smallest absolute Gasteiger partial charge is 0.245 e. The number of piperidine rings is 1.